The van der Waals surface area contributed by atoms with Crippen molar-refractivity contribution >= 4 is 17.2 Å². The van der Waals surface area contributed by atoms with Crippen LogP contribution in [0.15, 0.2) is 42.6 Å². The molecule has 7 nitrogen and oxygen atoms in total. The Bertz CT molecular complexity index is 943. The first-order chi connectivity index (χ1) is 18.7. The maximum absolute atomic E-state index is 13.5. The molecule has 38 heavy (non-hydrogen) atoms. The van der Waals surface area contributed by atoms with E-state index in [0.29, 0.717) is 38.4 Å². The lowest BCUT2D eigenvalue weighted by molar-refractivity contribution is 0.0222. The molecule has 2 aliphatic rings. The van der Waals surface area contributed by atoms with Gasteiger partial charge >= 0.3 is 0 Å². The fraction of sp³-hybridized carbons (Fsp3) is 0.633. The van der Waals surface area contributed by atoms with E-state index >= 15 is 0 Å². The zero-order chi connectivity index (χ0) is 26.4. The summed E-state index contributed by atoms with van der Waals surface area (Å²) in [7, 11) is 1.68. The highest BCUT2D eigenvalue weighted by atomic mass is 19.1. The van der Waals surface area contributed by atoms with Gasteiger partial charge in [0.15, 0.2) is 0 Å². The van der Waals surface area contributed by atoms with Crippen LogP contribution in [0, 0.1) is 11.7 Å². The number of piperidine rings is 1. The van der Waals surface area contributed by atoms with E-state index in [2.05, 4.69) is 27.2 Å². The molecule has 1 aromatic carbocycles. The Hall–Kier alpha value is -2.42. The van der Waals surface area contributed by atoms with Gasteiger partial charge in [-0.3, -0.25) is 0 Å². The Morgan fingerprint density at radius 1 is 0.974 bits per heavy atom. The van der Waals surface area contributed by atoms with Gasteiger partial charge in [-0.05, 0) is 75.1 Å². The Morgan fingerprint density at radius 3 is 2.61 bits per heavy atom. The highest BCUT2D eigenvalue weighted by Crippen LogP contribution is 2.34. The predicted octanol–water partition coefficient (Wildman–Crippen LogP) is 5.37. The number of hydrogen-bond donors (Lipinski definition) is 1. The van der Waals surface area contributed by atoms with Gasteiger partial charge in [0.2, 0.25) is 0 Å². The van der Waals surface area contributed by atoms with Crippen molar-refractivity contribution in [3.05, 3.63) is 48.4 Å². The first kappa shape index (κ1) is 28.6. The average molecular weight is 529 g/mol. The van der Waals surface area contributed by atoms with E-state index in [0.717, 1.165) is 70.0 Å². The molecule has 1 N–H and O–H groups in total. The van der Waals surface area contributed by atoms with Crippen molar-refractivity contribution in [1.29, 1.82) is 0 Å². The molecule has 2 saturated heterocycles. The zero-order valence-corrected chi connectivity index (χ0v) is 23.0. The van der Waals surface area contributed by atoms with Gasteiger partial charge in [-0.15, -0.1) is 0 Å². The molecule has 0 unspecified atom stereocenters. The largest absolute Gasteiger partial charge is 0.385 e. The smallest absolute Gasteiger partial charge is 0.130 e. The summed E-state index contributed by atoms with van der Waals surface area (Å²) in [4.78, 5) is 9.84. The third kappa shape index (κ3) is 9.10. The summed E-state index contributed by atoms with van der Waals surface area (Å²) in [5.41, 5.74) is 2.13. The number of ether oxygens (including phenoxy) is 3. The predicted molar refractivity (Wildman–Crippen MR) is 152 cm³/mol. The molecule has 0 bridgehead atoms. The number of aromatic nitrogens is 1. The van der Waals surface area contributed by atoms with Crippen LogP contribution in [0.5, 0.6) is 0 Å². The maximum Gasteiger partial charge on any atom is 0.130 e. The van der Waals surface area contributed by atoms with Gasteiger partial charge in [-0.2, -0.15) is 0 Å². The number of anilines is 3. The van der Waals surface area contributed by atoms with Gasteiger partial charge in [-0.1, -0.05) is 6.07 Å². The first-order valence-corrected chi connectivity index (χ1v) is 14.3. The van der Waals surface area contributed by atoms with E-state index in [1.807, 2.05) is 12.3 Å². The third-order valence-corrected chi connectivity index (χ3v) is 7.59. The quantitative estimate of drug-likeness (QED) is 0.294. The summed E-state index contributed by atoms with van der Waals surface area (Å²) in [6.07, 6.45) is 10.1. The molecule has 2 aromatic rings. The highest BCUT2D eigenvalue weighted by Gasteiger charge is 2.32. The fourth-order valence-electron chi connectivity index (χ4n) is 5.57. The molecule has 210 valence electrons. The van der Waals surface area contributed by atoms with Gasteiger partial charge < -0.3 is 29.3 Å². The fourth-order valence-corrected chi connectivity index (χ4v) is 5.57. The van der Waals surface area contributed by atoms with E-state index < -0.39 is 0 Å². The van der Waals surface area contributed by atoms with E-state index in [4.69, 9.17) is 19.2 Å². The summed E-state index contributed by atoms with van der Waals surface area (Å²) >= 11 is 0. The SMILES string of the molecule is COCCOCCOCC[C@@H]1C[C@@H](CCCNc2cccc(F)c2)N(c2cc(N3CCCCC3)ccn2)C1. The maximum atomic E-state index is 13.5. The van der Waals surface area contributed by atoms with Crippen LogP contribution in [0.2, 0.25) is 0 Å². The number of halogens is 1. The van der Waals surface area contributed by atoms with Crippen molar-refractivity contribution in [1.82, 2.24) is 4.98 Å². The standard InChI is InChI=1S/C30H45FN4O3/c1-36-17-18-38-20-19-37-16-11-25-21-29(9-6-12-32-27-8-5-7-26(31)22-27)35(24-25)30-23-28(10-13-33-30)34-14-3-2-4-15-34/h5,7-8,10,13,22-23,25,29,32H,2-4,6,9,11-12,14-21,24H2,1H3/t25-,29-/m1/s1. The summed E-state index contributed by atoms with van der Waals surface area (Å²) in [5.74, 6) is 1.46. The number of rotatable bonds is 16. The number of nitrogens with one attached hydrogen (secondary N) is 1. The topological polar surface area (TPSA) is 59.1 Å². The second-order valence-corrected chi connectivity index (χ2v) is 10.4. The summed E-state index contributed by atoms with van der Waals surface area (Å²) in [6, 6.07) is 11.6. The second-order valence-electron chi connectivity index (χ2n) is 10.4. The van der Waals surface area contributed by atoms with Crippen LogP contribution >= 0.6 is 0 Å². The number of methoxy groups -OCH3 is 1. The van der Waals surface area contributed by atoms with Crippen molar-refractivity contribution < 1.29 is 18.6 Å². The van der Waals surface area contributed by atoms with E-state index in [1.165, 1.54) is 31.0 Å². The molecule has 2 aliphatic heterocycles. The molecule has 0 spiro atoms. The summed E-state index contributed by atoms with van der Waals surface area (Å²) in [6.45, 7) is 7.30. The molecule has 0 saturated carbocycles. The Morgan fingerprint density at radius 2 is 1.79 bits per heavy atom. The van der Waals surface area contributed by atoms with Crippen LogP contribution in [0.25, 0.3) is 0 Å². The van der Waals surface area contributed by atoms with Crippen molar-refractivity contribution in [2.75, 3.05) is 81.4 Å². The van der Waals surface area contributed by atoms with Gasteiger partial charge in [0.25, 0.3) is 0 Å². The van der Waals surface area contributed by atoms with Gasteiger partial charge in [0.1, 0.15) is 11.6 Å². The van der Waals surface area contributed by atoms with Gasteiger partial charge in [-0.25, -0.2) is 9.37 Å². The van der Waals surface area contributed by atoms with E-state index in [1.54, 1.807) is 19.2 Å². The minimum absolute atomic E-state index is 0.205. The van der Waals surface area contributed by atoms with Crippen LogP contribution in [0.4, 0.5) is 21.6 Å². The van der Waals surface area contributed by atoms with Crippen molar-refractivity contribution in [3.8, 4) is 0 Å². The lowest BCUT2D eigenvalue weighted by Crippen LogP contribution is -2.32. The monoisotopic (exact) mass is 528 g/mol. The first-order valence-electron chi connectivity index (χ1n) is 14.3. The summed E-state index contributed by atoms with van der Waals surface area (Å²) < 4.78 is 29.9. The zero-order valence-electron chi connectivity index (χ0n) is 23.0. The second kappa shape index (κ2) is 15.9. The molecule has 0 radical (unpaired) electrons. The molecule has 0 amide bonds. The lowest BCUT2D eigenvalue weighted by Gasteiger charge is -2.31. The molecule has 1 aromatic heterocycles. The van der Waals surface area contributed by atoms with Crippen molar-refractivity contribution in [2.45, 2.75) is 51.0 Å². The van der Waals surface area contributed by atoms with E-state index in [9.17, 15) is 4.39 Å². The Labute approximate surface area is 227 Å². The average Bonchev–Trinajstić information content (AvgIpc) is 3.36. The van der Waals surface area contributed by atoms with Crippen LogP contribution in [-0.2, 0) is 14.2 Å². The molecular weight excluding hydrogens is 483 g/mol. The molecule has 2 atom stereocenters. The summed E-state index contributed by atoms with van der Waals surface area (Å²) in [5, 5.41) is 3.37. The highest BCUT2D eigenvalue weighted by molar-refractivity contribution is 5.56. The molecule has 4 rings (SSSR count). The number of pyridine rings is 1. The van der Waals surface area contributed by atoms with Crippen LogP contribution in [-0.4, -0.2) is 77.3 Å². The minimum atomic E-state index is -0.205. The normalized spacial score (nSPS) is 19.7. The number of nitrogens with zero attached hydrogens (tertiary/aromatic N) is 3. The number of benzene rings is 1. The van der Waals surface area contributed by atoms with Gasteiger partial charge in [0, 0.05) is 69.6 Å². The van der Waals surface area contributed by atoms with Crippen LogP contribution in [0.3, 0.4) is 0 Å². The lowest BCUT2D eigenvalue weighted by atomic mass is 10.00. The molecule has 0 aliphatic carbocycles. The van der Waals surface area contributed by atoms with Crippen molar-refractivity contribution in [3.63, 3.8) is 0 Å². The molecule has 3 heterocycles. The van der Waals surface area contributed by atoms with Gasteiger partial charge in [0.05, 0.1) is 26.4 Å². The molecular formula is C30H45FN4O3. The Kier molecular flexibility index (Phi) is 11.9. The van der Waals surface area contributed by atoms with Crippen LogP contribution in [0.1, 0.15) is 44.9 Å². The third-order valence-electron chi connectivity index (χ3n) is 7.59. The molecule has 2 fully saturated rings. The number of hydrogen-bond acceptors (Lipinski definition) is 7. The Balaban J connectivity index is 1.30. The minimum Gasteiger partial charge on any atom is -0.385 e. The van der Waals surface area contributed by atoms with Crippen LogP contribution < -0.4 is 15.1 Å². The molecule has 8 heteroatoms. The van der Waals surface area contributed by atoms with Crippen molar-refractivity contribution in [2.24, 2.45) is 5.92 Å². The van der Waals surface area contributed by atoms with E-state index in [-0.39, 0.29) is 5.82 Å².